The van der Waals surface area contributed by atoms with Crippen LogP contribution < -0.4 is 5.73 Å². The third-order valence-corrected chi connectivity index (χ3v) is 3.26. The second-order valence-corrected chi connectivity index (χ2v) is 5.86. The first kappa shape index (κ1) is 14.1. The standard InChI is InChI=1S/C16H20N4/c1-5-20-14(18)13(19-15(20)16(2,3)4)12-8-6-7-11(9-12)10-17/h6-9H,5,18H2,1-4H3. The molecule has 4 heteroatoms. The molecule has 2 N–H and O–H groups in total. The molecule has 1 aromatic heterocycles. The zero-order valence-electron chi connectivity index (χ0n) is 12.4. The lowest BCUT2D eigenvalue weighted by atomic mass is 9.95. The Labute approximate surface area is 119 Å². The number of nitrogens with two attached hydrogens (primary N) is 1. The van der Waals surface area contributed by atoms with Crippen molar-refractivity contribution in [3.63, 3.8) is 0 Å². The molecule has 0 bridgehead atoms. The minimum Gasteiger partial charge on any atom is -0.383 e. The summed E-state index contributed by atoms with van der Waals surface area (Å²) < 4.78 is 2.04. The molecular formula is C16H20N4. The maximum atomic E-state index is 9.01. The Morgan fingerprint density at radius 1 is 1.35 bits per heavy atom. The van der Waals surface area contributed by atoms with Crippen molar-refractivity contribution in [1.82, 2.24) is 9.55 Å². The SMILES string of the molecule is CCn1c(C(C)(C)C)nc(-c2cccc(C#N)c2)c1N. The number of hydrogen-bond donors (Lipinski definition) is 1. The molecule has 0 aliphatic rings. The van der Waals surface area contributed by atoms with Gasteiger partial charge in [-0.15, -0.1) is 0 Å². The number of rotatable bonds is 2. The maximum Gasteiger partial charge on any atom is 0.131 e. The Kier molecular flexibility index (Phi) is 3.54. The van der Waals surface area contributed by atoms with Gasteiger partial charge in [0.15, 0.2) is 0 Å². The fraction of sp³-hybridized carbons (Fsp3) is 0.375. The highest BCUT2D eigenvalue weighted by Crippen LogP contribution is 2.32. The molecule has 104 valence electrons. The lowest BCUT2D eigenvalue weighted by Crippen LogP contribution is -2.19. The molecule has 0 radical (unpaired) electrons. The molecule has 2 rings (SSSR count). The van der Waals surface area contributed by atoms with Crippen LogP contribution in [0.1, 0.15) is 39.1 Å². The molecular weight excluding hydrogens is 248 g/mol. The van der Waals surface area contributed by atoms with Crippen molar-refractivity contribution >= 4 is 5.82 Å². The molecule has 0 aliphatic carbocycles. The van der Waals surface area contributed by atoms with Crippen LogP contribution in [0, 0.1) is 11.3 Å². The summed E-state index contributed by atoms with van der Waals surface area (Å²) >= 11 is 0. The largest absolute Gasteiger partial charge is 0.383 e. The Morgan fingerprint density at radius 2 is 2.05 bits per heavy atom. The van der Waals surface area contributed by atoms with Crippen molar-refractivity contribution in [3.8, 4) is 17.3 Å². The first-order chi connectivity index (χ1) is 9.38. The topological polar surface area (TPSA) is 67.6 Å². The third kappa shape index (κ3) is 2.39. The average Bonchev–Trinajstić information content (AvgIpc) is 2.75. The molecule has 1 aromatic carbocycles. The van der Waals surface area contributed by atoms with Crippen molar-refractivity contribution in [2.24, 2.45) is 0 Å². The number of benzene rings is 1. The van der Waals surface area contributed by atoms with E-state index >= 15 is 0 Å². The Morgan fingerprint density at radius 3 is 2.55 bits per heavy atom. The van der Waals surface area contributed by atoms with Gasteiger partial charge in [0.1, 0.15) is 17.3 Å². The second kappa shape index (κ2) is 5.01. The normalized spacial score (nSPS) is 11.3. The van der Waals surface area contributed by atoms with Gasteiger partial charge < -0.3 is 10.3 Å². The first-order valence-corrected chi connectivity index (χ1v) is 6.75. The predicted molar refractivity (Wildman–Crippen MR) is 81.2 cm³/mol. The molecule has 0 saturated heterocycles. The van der Waals surface area contributed by atoms with E-state index in [-0.39, 0.29) is 5.41 Å². The molecule has 20 heavy (non-hydrogen) atoms. The maximum absolute atomic E-state index is 9.01. The van der Waals surface area contributed by atoms with E-state index in [2.05, 4.69) is 33.8 Å². The highest BCUT2D eigenvalue weighted by molar-refractivity contribution is 5.72. The minimum atomic E-state index is -0.0742. The predicted octanol–water partition coefficient (Wildman–Crippen LogP) is 3.32. The van der Waals surface area contributed by atoms with E-state index in [0.29, 0.717) is 11.4 Å². The summed E-state index contributed by atoms with van der Waals surface area (Å²) in [6.45, 7) is 9.20. The third-order valence-electron chi connectivity index (χ3n) is 3.26. The summed E-state index contributed by atoms with van der Waals surface area (Å²) in [6.07, 6.45) is 0. The smallest absolute Gasteiger partial charge is 0.131 e. The molecule has 1 heterocycles. The summed E-state index contributed by atoms with van der Waals surface area (Å²) in [7, 11) is 0. The number of hydrogen-bond acceptors (Lipinski definition) is 3. The lowest BCUT2D eigenvalue weighted by Gasteiger charge is -2.19. The van der Waals surface area contributed by atoms with Gasteiger partial charge >= 0.3 is 0 Å². The summed E-state index contributed by atoms with van der Waals surface area (Å²) in [5.41, 5.74) is 8.44. The van der Waals surface area contributed by atoms with Crippen LogP contribution in [0.2, 0.25) is 0 Å². The number of anilines is 1. The van der Waals surface area contributed by atoms with Gasteiger partial charge in [0.05, 0.1) is 11.6 Å². The van der Waals surface area contributed by atoms with Crippen molar-refractivity contribution in [3.05, 3.63) is 35.7 Å². The molecule has 2 aromatic rings. The van der Waals surface area contributed by atoms with Gasteiger partial charge in [-0.05, 0) is 19.1 Å². The fourth-order valence-corrected chi connectivity index (χ4v) is 2.31. The van der Waals surface area contributed by atoms with E-state index in [9.17, 15) is 0 Å². The zero-order valence-corrected chi connectivity index (χ0v) is 12.4. The van der Waals surface area contributed by atoms with E-state index in [1.165, 1.54) is 0 Å². The van der Waals surface area contributed by atoms with Gasteiger partial charge in [-0.3, -0.25) is 0 Å². The van der Waals surface area contributed by atoms with Crippen LogP contribution in [-0.2, 0) is 12.0 Å². The van der Waals surface area contributed by atoms with Gasteiger partial charge in [0.25, 0.3) is 0 Å². The molecule has 4 nitrogen and oxygen atoms in total. The van der Waals surface area contributed by atoms with Gasteiger partial charge in [0, 0.05) is 17.5 Å². The van der Waals surface area contributed by atoms with Crippen LogP contribution >= 0.6 is 0 Å². The van der Waals surface area contributed by atoms with E-state index in [0.717, 1.165) is 23.6 Å². The van der Waals surface area contributed by atoms with Crippen LogP contribution in [0.15, 0.2) is 24.3 Å². The quantitative estimate of drug-likeness (QED) is 0.908. The Bertz CT molecular complexity index is 669. The lowest BCUT2D eigenvalue weighted by molar-refractivity contribution is 0.509. The van der Waals surface area contributed by atoms with Crippen molar-refractivity contribution in [2.75, 3.05) is 5.73 Å². The van der Waals surface area contributed by atoms with E-state index in [1.54, 1.807) is 6.07 Å². The zero-order chi connectivity index (χ0) is 14.9. The van der Waals surface area contributed by atoms with Gasteiger partial charge in [-0.2, -0.15) is 5.26 Å². The molecule has 0 spiro atoms. The molecule has 0 saturated carbocycles. The van der Waals surface area contributed by atoms with Crippen LogP contribution in [0.5, 0.6) is 0 Å². The molecule has 0 amide bonds. The molecule has 0 fully saturated rings. The van der Waals surface area contributed by atoms with Crippen LogP contribution in [0.4, 0.5) is 5.82 Å². The second-order valence-electron chi connectivity index (χ2n) is 5.86. The monoisotopic (exact) mass is 268 g/mol. The summed E-state index contributed by atoms with van der Waals surface area (Å²) in [6, 6.07) is 9.54. The van der Waals surface area contributed by atoms with Crippen molar-refractivity contribution in [2.45, 2.75) is 39.7 Å². The molecule has 0 unspecified atom stereocenters. The number of aromatic nitrogens is 2. The Balaban J connectivity index is 2.64. The number of nitrogens with zero attached hydrogens (tertiary/aromatic N) is 3. The van der Waals surface area contributed by atoms with Crippen molar-refractivity contribution < 1.29 is 0 Å². The van der Waals surface area contributed by atoms with Crippen molar-refractivity contribution in [1.29, 1.82) is 5.26 Å². The summed E-state index contributed by atoms with van der Waals surface area (Å²) in [5, 5.41) is 9.01. The van der Waals surface area contributed by atoms with E-state index in [4.69, 9.17) is 16.0 Å². The van der Waals surface area contributed by atoms with Gasteiger partial charge in [-0.25, -0.2) is 4.98 Å². The molecule has 0 aliphatic heterocycles. The van der Waals surface area contributed by atoms with Crippen LogP contribution in [0.25, 0.3) is 11.3 Å². The highest BCUT2D eigenvalue weighted by atomic mass is 15.1. The fourth-order valence-electron chi connectivity index (χ4n) is 2.31. The van der Waals surface area contributed by atoms with E-state index < -0.39 is 0 Å². The minimum absolute atomic E-state index is 0.0742. The summed E-state index contributed by atoms with van der Waals surface area (Å²) in [4.78, 5) is 4.73. The highest BCUT2D eigenvalue weighted by Gasteiger charge is 2.24. The van der Waals surface area contributed by atoms with Crippen LogP contribution in [-0.4, -0.2) is 9.55 Å². The van der Waals surface area contributed by atoms with Gasteiger partial charge in [0.2, 0.25) is 0 Å². The number of nitriles is 1. The number of imidazole rings is 1. The molecule has 0 atom stereocenters. The van der Waals surface area contributed by atoms with Crippen LogP contribution in [0.3, 0.4) is 0 Å². The average molecular weight is 268 g/mol. The summed E-state index contributed by atoms with van der Waals surface area (Å²) in [5.74, 6) is 1.63. The Hall–Kier alpha value is -2.28. The number of nitrogen functional groups attached to an aromatic ring is 1. The van der Waals surface area contributed by atoms with Gasteiger partial charge in [-0.1, -0.05) is 32.9 Å². The first-order valence-electron chi connectivity index (χ1n) is 6.75. The van der Waals surface area contributed by atoms with E-state index in [1.807, 2.05) is 22.8 Å².